The van der Waals surface area contributed by atoms with Gasteiger partial charge in [-0.2, -0.15) is 0 Å². The first-order valence-electron chi connectivity index (χ1n) is 5.03. The van der Waals surface area contributed by atoms with Crippen LogP contribution in [0.5, 0.6) is 0 Å². The molecule has 0 N–H and O–H groups in total. The van der Waals surface area contributed by atoms with Crippen molar-refractivity contribution < 1.29 is 23.2 Å². The topological polar surface area (TPSA) is 82.3 Å². The molecule has 1 aromatic rings. The largest absolute Gasteiger partial charge is 0.466 e. The van der Waals surface area contributed by atoms with Gasteiger partial charge in [0.15, 0.2) is 0 Å². The zero-order valence-electron chi connectivity index (χ0n) is 9.43. The Hall–Kier alpha value is -2.12. The molecular weight excluding hydrogens is 250 g/mol. The molecule has 0 bridgehead atoms. The number of ether oxygens (including phenoxy) is 1. The van der Waals surface area contributed by atoms with Crippen LogP contribution in [-0.4, -0.2) is 22.5 Å². The average molecular weight is 260 g/mol. The highest BCUT2D eigenvalue weighted by Gasteiger charge is 2.21. The SMILES string of the molecule is CCOC(=O)Cc1nc(C(F)F)ccc1[N+](=O)[O-]. The van der Waals surface area contributed by atoms with E-state index in [0.29, 0.717) is 0 Å². The second-order valence-electron chi connectivity index (χ2n) is 3.24. The van der Waals surface area contributed by atoms with E-state index in [4.69, 9.17) is 0 Å². The fraction of sp³-hybridized carbons (Fsp3) is 0.400. The molecular formula is C10H10F2N2O4. The third kappa shape index (κ3) is 3.44. The minimum atomic E-state index is -2.85. The average Bonchev–Trinajstić information content (AvgIpc) is 2.28. The number of carbonyl (C=O) groups is 1. The van der Waals surface area contributed by atoms with Crippen molar-refractivity contribution >= 4 is 11.7 Å². The summed E-state index contributed by atoms with van der Waals surface area (Å²) in [7, 11) is 0. The second kappa shape index (κ2) is 5.99. The van der Waals surface area contributed by atoms with Crippen LogP contribution in [-0.2, 0) is 16.0 Å². The molecule has 0 spiro atoms. The minimum Gasteiger partial charge on any atom is -0.466 e. The maximum atomic E-state index is 12.4. The van der Waals surface area contributed by atoms with Crippen molar-refractivity contribution in [2.75, 3.05) is 6.61 Å². The monoisotopic (exact) mass is 260 g/mol. The van der Waals surface area contributed by atoms with Crippen molar-refractivity contribution in [2.24, 2.45) is 0 Å². The van der Waals surface area contributed by atoms with E-state index in [1.807, 2.05) is 0 Å². The van der Waals surface area contributed by atoms with Gasteiger partial charge in [0.25, 0.3) is 12.1 Å². The maximum Gasteiger partial charge on any atom is 0.312 e. The Bertz CT molecular complexity index is 465. The lowest BCUT2D eigenvalue weighted by Gasteiger charge is -2.05. The Labute approximate surface area is 101 Å². The number of aromatic nitrogens is 1. The summed E-state index contributed by atoms with van der Waals surface area (Å²) in [5, 5.41) is 10.7. The zero-order valence-corrected chi connectivity index (χ0v) is 9.43. The summed E-state index contributed by atoms with van der Waals surface area (Å²) in [6.07, 6.45) is -3.36. The predicted octanol–water partition coefficient (Wildman–Crippen LogP) is 2.03. The standard InChI is InChI=1S/C10H10F2N2O4/c1-2-18-9(15)5-7-8(14(16)17)4-3-6(13-7)10(11)12/h3-4,10H,2,5H2,1H3. The van der Waals surface area contributed by atoms with Gasteiger partial charge in [-0.25, -0.2) is 13.8 Å². The van der Waals surface area contributed by atoms with Crippen LogP contribution in [0, 0.1) is 10.1 Å². The van der Waals surface area contributed by atoms with Gasteiger partial charge in [-0.15, -0.1) is 0 Å². The molecule has 0 aliphatic rings. The molecule has 1 aromatic heterocycles. The highest BCUT2D eigenvalue weighted by atomic mass is 19.3. The third-order valence-electron chi connectivity index (χ3n) is 2.01. The first kappa shape index (κ1) is 13.9. The van der Waals surface area contributed by atoms with Crippen molar-refractivity contribution in [2.45, 2.75) is 19.8 Å². The molecule has 18 heavy (non-hydrogen) atoms. The van der Waals surface area contributed by atoms with Gasteiger partial charge in [0.05, 0.1) is 18.0 Å². The van der Waals surface area contributed by atoms with Crippen LogP contribution in [0.2, 0.25) is 0 Å². The Morgan fingerprint density at radius 2 is 2.22 bits per heavy atom. The molecule has 0 amide bonds. The number of esters is 1. The number of hydrogen-bond donors (Lipinski definition) is 0. The molecule has 6 nitrogen and oxygen atoms in total. The number of carbonyl (C=O) groups excluding carboxylic acids is 1. The van der Waals surface area contributed by atoms with Crippen LogP contribution in [0.15, 0.2) is 12.1 Å². The van der Waals surface area contributed by atoms with E-state index in [-0.39, 0.29) is 12.3 Å². The van der Waals surface area contributed by atoms with Gasteiger partial charge in [0.2, 0.25) is 0 Å². The molecule has 0 saturated heterocycles. The summed E-state index contributed by atoms with van der Waals surface area (Å²) in [6, 6.07) is 1.76. The number of halogens is 2. The predicted molar refractivity (Wildman–Crippen MR) is 56.2 cm³/mol. The Morgan fingerprint density at radius 1 is 1.56 bits per heavy atom. The normalized spacial score (nSPS) is 10.4. The van der Waals surface area contributed by atoms with Gasteiger partial charge in [0.1, 0.15) is 11.4 Å². The van der Waals surface area contributed by atoms with Gasteiger partial charge in [-0.1, -0.05) is 0 Å². The molecule has 0 radical (unpaired) electrons. The first-order valence-corrected chi connectivity index (χ1v) is 5.03. The minimum absolute atomic E-state index is 0.0984. The van der Waals surface area contributed by atoms with Crippen LogP contribution in [0.25, 0.3) is 0 Å². The number of hydrogen-bond acceptors (Lipinski definition) is 5. The number of alkyl halides is 2. The quantitative estimate of drug-likeness (QED) is 0.459. The van der Waals surface area contributed by atoms with E-state index in [1.54, 1.807) is 6.92 Å². The van der Waals surface area contributed by atoms with Crippen molar-refractivity contribution in [1.82, 2.24) is 4.98 Å². The molecule has 0 aliphatic carbocycles. The molecule has 0 saturated carbocycles. The highest BCUT2D eigenvalue weighted by molar-refractivity contribution is 5.73. The van der Waals surface area contributed by atoms with Gasteiger partial charge in [0, 0.05) is 6.07 Å². The van der Waals surface area contributed by atoms with Gasteiger partial charge < -0.3 is 4.74 Å². The number of pyridine rings is 1. The van der Waals surface area contributed by atoms with Crippen molar-refractivity contribution in [1.29, 1.82) is 0 Å². The molecule has 0 aromatic carbocycles. The summed E-state index contributed by atoms with van der Waals surface area (Å²) >= 11 is 0. The molecule has 0 aliphatic heterocycles. The maximum absolute atomic E-state index is 12.4. The van der Waals surface area contributed by atoms with Gasteiger partial charge in [-0.05, 0) is 13.0 Å². The van der Waals surface area contributed by atoms with Crippen LogP contribution in [0.4, 0.5) is 14.5 Å². The van der Waals surface area contributed by atoms with E-state index in [0.717, 1.165) is 12.1 Å². The number of nitrogens with zero attached hydrogens (tertiary/aromatic N) is 2. The van der Waals surface area contributed by atoms with Crippen molar-refractivity contribution in [3.05, 3.63) is 33.6 Å². The molecule has 0 unspecified atom stereocenters. The van der Waals surface area contributed by atoms with E-state index in [9.17, 15) is 23.7 Å². The zero-order chi connectivity index (χ0) is 13.7. The third-order valence-corrected chi connectivity index (χ3v) is 2.01. The lowest BCUT2D eigenvalue weighted by Crippen LogP contribution is -2.11. The van der Waals surface area contributed by atoms with Gasteiger partial charge in [-0.3, -0.25) is 14.9 Å². The Balaban J connectivity index is 3.07. The summed E-state index contributed by atoms with van der Waals surface area (Å²) < 4.78 is 29.4. The molecule has 98 valence electrons. The van der Waals surface area contributed by atoms with E-state index < -0.39 is 35.1 Å². The summed E-state index contributed by atoms with van der Waals surface area (Å²) in [5.41, 5.74) is -1.41. The van der Waals surface area contributed by atoms with E-state index in [2.05, 4.69) is 9.72 Å². The lowest BCUT2D eigenvalue weighted by molar-refractivity contribution is -0.385. The summed E-state index contributed by atoms with van der Waals surface area (Å²) in [4.78, 5) is 24.5. The number of rotatable bonds is 5. The smallest absolute Gasteiger partial charge is 0.312 e. The van der Waals surface area contributed by atoms with Crippen LogP contribution in [0.1, 0.15) is 24.7 Å². The molecule has 0 fully saturated rings. The fourth-order valence-corrected chi connectivity index (χ4v) is 1.28. The fourth-order valence-electron chi connectivity index (χ4n) is 1.28. The first-order chi connectivity index (χ1) is 8.45. The second-order valence-corrected chi connectivity index (χ2v) is 3.24. The molecule has 1 heterocycles. The summed E-state index contributed by atoms with van der Waals surface area (Å²) in [6.45, 7) is 1.66. The van der Waals surface area contributed by atoms with Crippen molar-refractivity contribution in [3.8, 4) is 0 Å². The van der Waals surface area contributed by atoms with Crippen LogP contribution < -0.4 is 0 Å². The molecule has 8 heteroatoms. The molecule has 1 rings (SSSR count). The van der Waals surface area contributed by atoms with E-state index >= 15 is 0 Å². The van der Waals surface area contributed by atoms with E-state index in [1.165, 1.54) is 0 Å². The highest BCUT2D eigenvalue weighted by Crippen LogP contribution is 2.23. The Morgan fingerprint density at radius 3 is 2.72 bits per heavy atom. The Kier molecular flexibility index (Phi) is 4.64. The van der Waals surface area contributed by atoms with Crippen LogP contribution in [0.3, 0.4) is 0 Å². The summed E-state index contributed by atoms with van der Waals surface area (Å²) in [5.74, 6) is -0.750. The van der Waals surface area contributed by atoms with Crippen molar-refractivity contribution in [3.63, 3.8) is 0 Å². The molecule has 0 atom stereocenters. The van der Waals surface area contributed by atoms with Crippen LogP contribution >= 0.6 is 0 Å². The number of nitro groups is 1. The lowest BCUT2D eigenvalue weighted by atomic mass is 10.2. The van der Waals surface area contributed by atoms with Gasteiger partial charge >= 0.3 is 5.97 Å².